The molecule has 29 heavy (non-hydrogen) atoms. The quantitative estimate of drug-likeness (QED) is 0.423. The first-order chi connectivity index (χ1) is 14.1. The highest BCUT2D eigenvalue weighted by Crippen LogP contribution is 2.38. The van der Waals surface area contributed by atoms with Gasteiger partial charge >= 0.3 is 5.97 Å². The van der Waals surface area contributed by atoms with E-state index in [1.54, 1.807) is 20.3 Å². The van der Waals surface area contributed by atoms with Crippen LogP contribution in [0.4, 0.5) is 0 Å². The Morgan fingerprint density at radius 3 is 2.34 bits per heavy atom. The number of nitrogens with zero attached hydrogens (tertiary/aromatic N) is 1. The van der Waals surface area contributed by atoms with Gasteiger partial charge < -0.3 is 19.1 Å². The first kappa shape index (κ1) is 20.9. The normalized spacial score (nSPS) is 14.2. The number of methoxy groups -OCH3 is 2. The van der Waals surface area contributed by atoms with Crippen molar-refractivity contribution in [2.75, 3.05) is 27.8 Å². The number of carbonyl (C=O) groups is 1. The van der Waals surface area contributed by atoms with Crippen LogP contribution in [0.1, 0.15) is 47.2 Å². The number of benzene rings is 2. The summed E-state index contributed by atoms with van der Waals surface area (Å²) in [5, 5.41) is 0. The van der Waals surface area contributed by atoms with Gasteiger partial charge in [-0.1, -0.05) is 36.8 Å². The average Bonchev–Trinajstić information content (AvgIpc) is 3.04. The van der Waals surface area contributed by atoms with Gasteiger partial charge in [-0.2, -0.15) is 0 Å². The molecule has 0 amide bonds. The smallest absolute Gasteiger partial charge is 0.344 e. The van der Waals surface area contributed by atoms with Crippen LogP contribution in [0.25, 0.3) is 5.76 Å². The summed E-state index contributed by atoms with van der Waals surface area (Å²) in [6.07, 6.45) is 6.22. The standard InChI is InChI=1S/C24H29NO4/c1-25(17-18-11-7-6-8-12-18)14-10-5-4-9-13-21-19-15-22(27-2)23(28-3)16-20(19)24(26)29-21/h6-8,11-13,15-16H,4-5,9-10,14,17H2,1-3H3/b21-13-. The molecule has 0 fully saturated rings. The molecule has 154 valence electrons. The summed E-state index contributed by atoms with van der Waals surface area (Å²) in [7, 11) is 5.30. The van der Waals surface area contributed by atoms with E-state index < -0.39 is 0 Å². The maximum atomic E-state index is 12.1. The minimum absolute atomic E-state index is 0.338. The van der Waals surface area contributed by atoms with Crippen LogP contribution in [0.2, 0.25) is 0 Å². The van der Waals surface area contributed by atoms with E-state index in [1.165, 1.54) is 5.56 Å². The average molecular weight is 395 g/mol. The number of rotatable bonds is 10. The van der Waals surface area contributed by atoms with Gasteiger partial charge in [0.15, 0.2) is 11.5 Å². The van der Waals surface area contributed by atoms with E-state index in [0.717, 1.165) is 44.3 Å². The second kappa shape index (κ2) is 10.1. The van der Waals surface area contributed by atoms with Crippen LogP contribution in [0.5, 0.6) is 11.5 Å². The molecular formula is C24H29NO4. The monoisotopic (exact) mass is 395 g/mol. The SMILES string of the molecule is COc1cc2c(cc1OC)/C(=C/CCCCCN(C)Cc1ccccc1)OC2=O. The number of hydrogen-bond donors (Lipinski definition) is 0. The van der Waals surface area contributed by atoms with Gasteiger partial charge in [0.1, 0.15) is 5.76 Å². The molecule has 0 atom stereocenters. The van der Waals surface area contributed by atoms with E-state index >= 15 is 0 Å². The predicted molar refractivity (Wildman–Crippen MR) is 114 cm³/mol. The second-order valence-electron chi connectivity index (χ2n) is 7.28. The largest absolute Gasteiger partial charge is 0.493 e. The summed E-state index contributed by atoms with van der Waals surface area (Å²) in [6.45, 7) is 2.04. The molecule has 0 aromatic heterocycles. The molecule has 0 unspecified atom stereocenters. The number of cyclic esters (lactones) is 1. The van der Waals surface area contributed by atoms with Crippen LogP contribution in [0, 0.1) is 0 Å². The predicted octanol–water partition coefficient (Wildman–Crippen LogP) is 4.91. The van der Waals surface area contributed by atoms with Gasteiger partial charge in [-0.25, -0.2) is 4.79 Å². The zero-order valence-electron chi connectivity index (χ0n) is 17.4. The van der Waals surface area contributed by atoms with Crippen molar-refractivity contribution in [2.45, 2.75) is 32.2 Å². The van der Waals surface area contributed by atoms with Crippen molar-refractivity contribution in [1.82, 2.24) is 4.90 Å². The first-order valence-corrected chi connectivity index (χ1v) is 10.0. The summed E-state index contributed by atoms with van der Waals surface area (Å²) in [6, 6.07) is 14.0. The Labute approximate surface area is 172 Å². The molecule has 5 heteroatoms. The number of allylic oxidation sites excluding steroid dienone is 1. The molecule has 1 aliphatic rings. The number of unbranched alkanes of at least 4 members (excludes halogenated alkanes) is 3. The lowest BCUT2D eigenvalue weighted by Crippen LogP contribution is -2.18. The number of carbonyl (C=O) groups excluding carboxylic acids is 1. The van der Waals surface area contributed by atoms with Crippen molar-refractivity contribution in [1.29, 1.82) is 0 Å². The molecule has 0 saturated carbocycles. The van der Waals surface area contributed by atoms with E-state index in [4.69, 9.17) is 14.2 Å². The van der Waals surface area contributed by atoms with Crippen molar-refractivity contribution < 1.29 is 19.0 Å². The summed E-state index contributed by atoms with van der Waals surface area (Å²) < 4.78 is 16.1. The Morgan fingerprint density at radius 1 is 0.966 bits per heavy atom. The van der Waals surface area contributed by atoms with Crippen molar-refractivity contribution in [3.63, 3.8) is 0 Å². The molecule has 5 nitrogen and oxygen atoms in total. The topological polar surface area (TPSA) is 48.0 Å². The van der Waals surface area contributed by atoms with Crippen molar-refractivity contribution in [2.24, 2.45) is 0 Å². The molecule has 0 bridgehead atoms. The fourth-order valence-corrected chi connectivity index (χ4v) is 3.52. The van der Waals surface area contributed by atoms with Crippen molar-refractivity contribution in [3.8, 4) is 11.5 Å². The maximum Gasteiger partial charge on any atom is 0.344 e. The highest BCUT2D eigenvalue weighted by Gasteiger charge is 2.28. The van der Waals surface area contributed by atoms with Gasteiger partial charge in [-0.3, -0.25) is 0 Å². The summed E-state index contributed by atoms with van der Waals surface area (Å²) >= 11 is 0. The van der Waals surface area contributed by atoms with Crippen molar-refractivity contribution >= 4 is 11.7 Å². The third-order valence-corrected chi connectivity index (χ3v) is 5.08. The van der Waals surface area contributed by atoms with E-state index in [1.807, 2.05) is 18.2 Å². The van der Waals surface area contributed by atoms with Gasteiger partial charge in [0.2, 0.25) is 0 Å². The van der Waals surface area contributed by atoms with E-state index in [-0.39, 0.29) is 5.97 Å². The summed E-state index contributed by atoms with van der Waals surface area (Å²) in [5.41, 5.74) is 2.64. The Hall–Kier alpha value is -2.79. The van der Waals surface area contributed by atoms with Crippen LogP contribution in [-0.4, -0.2) is 38.7 Å². The van der Waals surface area contributed by atoms with Crippen LogP contribution in [0.15, 0.2) is 48.5 Å². The van der Waals surface area contributed by atoms with Crippen LogP contribution >= 0.6 is 0 Å². The molecule has 3 rings (SSSR count). The van der Waals surface area contributed by atoms with Gasteiger partial charge in [0, 0.05) is 12.1 Å². The van der Waals surface area contributed by atoms with E-state index in [0.29, 0.717) is 22.8 Å². The fourth-order valence-electron chi connectivity index (χ4n) is 3.52. The molecule has 0 radical (unpaired) electrons. The molecule has 0 N–H and O–H groups in total. The van der Waals surface area contributed by atoms with Crippen LogP contribution in [0.3, 0.4) is 0 Å². The molecule has 0 spiro atoms. The lowest BCUT2D eigenvalue weighted by molar-refractivity contribution is 0.0715. The van der Waals surface area contributed by atoms with Gasteiger partial charge in [-0.05, 0) is 56.6 Å². The Bertz CT molecular complexity index is 861. The Morgan fingerprint density at radius 2 is 1.66 bits per heavy atom. The van der Waals surface area contributed by atoms with Crippen molar-refractivity contribution in [3.05, 3.63) is 65.2 Å². The van der Waals surface area contributed by atoms with Crippen LogP contribution < -0.4 is 9.47 Å². The van der Waals surface area contributed by atoms with Gasteiger partial charge in [-0.15, -0.1) is 0 Å². The second-order valence-corrected chi connectivity index (χ2v) is 7.28. The van der Waals surface area contributed by atoms with E-state index in [9.17, 15) is 4.79 Å². The Balaban J connectivity index is 1.46. The first-order valence-electron chi connectivity index (χ1n) is 10.0. The summed E-state index contributed by atoms with van der Waals surface area (Å²) in [4.78, 5) is 14.5. The molecule has 0 aliphatic carbocycles. The molecule has 2 aromatic rings. The lowest BCUT2D eigenvalue weighted by Gasteiger charge is -2.16. The number of fused-ring (bicyclic) bond motifs is 1. The lowest BCUT2D eigenvalue weighted by atomic mass is 10.1. The van der Waals surface area contributed by atoms with Gasteiger partial charge in [0.05, 0.1) is 19.8 Å². The molecule has 1 aliphatic heterocycles. The zero-order chi connectivity index (χ0) is 20.6. The third-order valence-electron chi connectivity index (χ3n) is 5.08. The van der Waals surface area contributed by atoms with Gasteiger partial charge in [0.25, 0.3) is 0 Å². The van der Waals surface area contributed by atoms with Crippen LogP contribution in [-0.2, 0) is 11.3 Å². The highest BCUT2D eigenvalue weighted by atomic mass is 16.5. The zero-order valence-corrected chi connectivity index (χ0v) is 17.4. The molecule has 1 heterocycles. The fraction of sp³-hybridized carbons (Fsp3) is 0.375. The third kappa shape index (κ3) is 5.39. The molecular weight excluding hydrogens is 366 g/mol. The van der Waals surface area contributed by atoms with E-state index in [2.05, 4.69) is 36.2 Å². The number of ether oxygens (including phenoxy) is 3. The highest BCUT2D eigenvalue weighted by molar-refractivity contribution is 6.03. The molecule has 2 aromatic carbocycles. The number of hydrogen-bond acceptors (Lipinski definition) is 5. The minimum Gasteiger partial charge on any atom is -0.493 e. The summed E-state index contributed by atoms with van der Waals surface area (Å²) in [5.74, 6) is 1.41. The minimum atomic E-state index is -0.338. The maximum absolute atomic E-state index is 12.1. The number of esters is 1. The Kier molecular flexibility index (Phi) is 7.30. The molecule has 0 saturated heterocycles.